The fourth-order valence-corrected chi connectivity index (χ4v) is 4.26. The first kappa shape index (κ1) is 24.7. The lowest BCUT2D eigenvalue weighted by Gasteiger charge is -2.14. The van der Waals surface area contributed by atoms with E-state index in [2.05, 4.69) is 31.9 Å². The predicted octanol–water partition coefficient (Wildman–Crippen LogP) is 5.46. The molecule has 0 atom stereocenters. The molecule has 3 heterocycles. The van der Waals surface area contributed by atoms with Gasteiger partial charge in [0.15, 0.2) is 11.6 Å². The maximum absolute atomic E-state index is 14.8. The highest BCUT2D eigenvalue weighted by Crippen LogP contribution is 2.59. The van der Waals surface area contributed by atoms with E-state index in [1.165, 1.54) is 12.1 Å². The first-order valence-electron chi connectivity index (χ1n) is 11.8. The molecule has 1 aliphatic rings. The van der Waals surface area contributed by atoms with Crippen molar-refractivity contribution in [1.29, 1.82) is 0 Å². The van der Waals surface area contributed by atoms with Crippen molar-refractivity contribution < 1.29 is 26.9 Å². The topological polar surface area (TPSA) is 85.8 Å². The van der Waals surface area contributed by atoms with Crippen LogP contribution in [0.3, 0.4) is 0 Å². The highest BCUT2D eigenvalue weighted by atomic mass is 19.4. The fourth-order valence-electron chi connectivity index (χ4n) is 4.26. The van der Waals surface area contributed by atoms with Crippen LogP contribution in [0.4, 0.5) is 23.4 Å². The molecule has 1 amide bonds. The quantitative estimate of drug-likeness (QED) is 0.317. The average Bonchev–Trinajstić information content (AvgIpc) is 3.37. The van der Waals surface area contributed by atoms with Gasteiger partial charge in [-0.2, -0.15) is 13.2 Å². The summed E-state index contributed by atoms with van der Waals surface area (Å²) >= 11 is 0. The highest BCUT2D eigenvalue weighted by molar-refractivity contribution is 5.91. The lowest BCUT2D eigenvalue weighted by atomic mass is 10.0. The third kappa shape index (κ3) is 4.98. The molecule has 5 rings (SSSR count). The van der Waals surface area contributed by atoms with Gasteiger partial charge >= 0.3 is 6.18 Å². The largest absolute Gasteiger partial charge is 0.401 e. The van der Waals surface area contributed by atoms with Gasteiger partial charge in [-0.25, -0.2) is 14.4 Å². The molecular formula is C26H23F4N5O2. The highest BCUT2D eigenvalue weighted by Gasteiger charge is 2.66. The van der Waals surface area contributed by atoms with Crippen LogP contribution in [0.2, 0.25) is 0 Å². The van der Waals surface area contributed by atoms with Gasteiger partial charge in [-0.05, 0) is 49.1 Å². The van der Waals surface area contributed by atoms with E-state index in [9.17, 15) is 22.4 Å². The molecule has 192 valence electrons. The Labute approximate surface area is 209 Å². The average molecular weight is 513 g/mol. The summed E-state index contributed by atoms with van der Waals surface area (Å²) in [6.45, 7) is 2.91. The second kappa shape index (κ2) is 9.45. The lowest BCUT2D eigenvalue weighted by molar-refractivity contribution is -0.165. The number of aromatic nitrogens is 4. The fraction of sp³-hybridized carbons (Fsp3) is 0.308. The van der Waals surface area contributed by atoms with Crippen LogP contribution in [-0.4, -0.2) is 31.8 Å². The molecule has 4 aromatic rings. The summed E-state index contributed by atoms with van der Waals surface area (Å²) in [5.41, 5.74) is 0.356. The molecule has 11 heteroatoms. The Kier molecular flexibility index (Phi) is 6.30. The van der Waals surface area contributed by atoms with Crippen LogP contribution in [0.25, 0.3) is 11.1 Å². The molecule has 0 unspecified atom stereocenters. The standard InChI is InChI=1S/C26H23F4N5O2/c1-2-35-9-3-4-19(35)12-22-31-14-18(15-32-22)16-5-6-17(20(27)10-16)11-24(36)33-23-13-21(37-34-23)25(7-8-25)26(28,29)30/h3-6,9-10,13-15H,2,7-8,11-12H2,1H3,(H,33,34,36). The maximum atomic E-state index is 14.8. The second-order valence-electron chi connectivity index (χ2n) is 9.04. The number of nitrogens with zero attached hydrogens (tertiary/aromatic N) is 4. The summed E-state index contributed by atoms with van der Waals surface area (Å²) in [6.07, 6.45) is 0.866. The van der Waals surface area contributed by atoms with Crippen molar-refractivity contribution in [3.05, 3.63) is 83.6 Å². The van der Waals surface area contributed by atoms with Gasteiger partial charge in [-0.3, -0.25) is 4.79 Å². The SMILES string of the molecule is CCn1cccc1Cc1ncc(-c2ccc(CC(=O)Nc3cc(C4(C(F)(F)F)CC4)on3)c(F)c2)cn1. The zero-order chi connectivity index (χ0) is 26.2. The monoisotopic (exact) mass is 513 g/mol. The molecular weight excluding hydrogens is 490 g/mol. The summed E-state index contributed by atoms with van der Waals surface area (Å²) in [6, 6.07) is 9.47. The Morgan fingerprint density at radius 1 is 1.14 bits per heavy atom. The molecule has 1 aromatic carbocycles. The Hall–Kier alpha value is -4.02. The van der Waals surface area contributed by atoms with Crippen molar-refractivity contribution in [2.75, 3.05) is 5.32 Å². The molecule has 1 saturated carbocycles. The van der Waals surface area contributed by atoms with Crippen LogP contribution >= 0.6 is 0 Å². The van der Waals surface area contributed by atoms with Crippen molar-refractivity contribution in [3.8, 4) is 11.1 Å². The molecule has 0 radical (unpaired) electrons. The van der Waals surface area contributed by atoms with Gasteiger partial charge in [0.25, 0.3) is 0 Å². The summed E-state index contributed by atoms with van der Waals surface area (Å²) in [5, 5.41) is 5.89. The number of hydrogen-bond donors (Lipinski definition) is 1. The first-order chi connectivity index (χ1) is 17.7. The first-order valence-corrected chi connectivity index (χ1v) is 11.8. The number of amides is 1. The number of aryl methyl sites for hydroxylation is 1. The predicted molar refractivity (Wildman–Crippen MR) is 126 cm³/mol. The van der Waals surface area contributed by atoms with Gasteiger partial charge in [0.2, 0.25) is 5.91 Å². The Morgan fingerprint density at radius 3 is 2.54 bits per heavy atom. The summed E-state index contributed by atoms with van der Waals surface area (Å²) < 4.78 is 61.4. The van der Waals surface area contributed by atoms with Crippen molar-refractivity contribution in [2.45, 2.75) is 50.7 Å². The molecule has 37 heavy (non-hydrogen) atoms. The van der Waals surface area contributed by atoms with Gasteiger partial charge < -0.3 is 14.4 Å². The number of carbonyl (C=O) groups excluding carboxylic acids is 1. The van der Waals surface area contributed by atoms with E-state index in [0.29, 0.717) is 23.4 Å². The van der Waals surface area contributed by atoms with E-state index in [1.54, 1.807) is 18.5 Å². The molecule has 1 fully saturated rings. The maximum Gasteiger partial charge on any atom is 0.401 e. The summed E-state index contributed by atoms with van der Waals surface area (Å²) in [7, 11) is 0. The minimum atomic E-state index is -4.45. The zero-order valence-electron chi connectivity index (χ0n) is 19.8. The number of nitrogens with one attached hydrogen (secondary N) is 1. The Bertz CT molecular complexity index is 1420. The van der Waals surface area contributed by atoms with E-state index >= 15 is 0 Å². The zero-order valence-corrected chi connectivity index (χ0v) is 19.8. The normalized spacial score (nSPS) is 14.5. The summed E-state index contributed by atoms with van der Waals surface area (Å²) in [4.78, 5) is 21.2. The second-order valence-corrected chi connectivity index (χ2v) is 9.04. The van der Waals surface area contributed by atoms with Gasteiger partial charge in [-0.15, -0.1) is 0 Å². The van der Waals surface area contributed by atoms with E-state index in [-0.39, 0.29) is 36.4 Å². The van der Waals surface area contributed by atoms with Gasteiger partial charge in [0, 0.05) is 48.9 Å². The van der Waals surface area contributed by atoms with E-state index in [0.717, 1.165) is 18.3 Å². The molecule has 0 bridgehead atoms. The molecule has 7 nitrogen and oxygen atoms in total. The van der Waals surface area contributed by atoms with E-state index in [4.69, 9.17) is 4.52 Å². The molecule has 0 saturated heterocycles. The van der Waals surface area contributed by atoms with Gasteiger partial charge in [-0.1, -0.05) is 17.3 Å². The van der Waals surface area contributed by atoms with E-state index < -0.39 is 23.3 Å². The van der Waals surface area contributed by atoms with Gasteiger partial charge in [0.1, 0.15) is 17.1 Å². The number of alkyl halides is 3. The Morgan fingerprint density at radius 2 is 1.89 bits per heavy atom. The van der Waals surface area contributed by atoms with Crippen LogP contribution in [0.1, 0.15) is 42.6 Å². The number of rotatable bonds is 8. The number of carbonyl (C=O) groups is 1. The van der Waals surface area contributed by atoms with Crippen molar-refractivity contribution in [3.63, 3.8) is 0 Å². The van der Waals surface area contributed by atoms with Crippen LogP contribution in [0.15, 0.2) is 59.5 Å². The molecule has 0 aliphatic heterocycles. The van der Waals surface area contributed by atoms with Crippen LogP contribution < -0.4 is 5.32 Å². The lowest BCUT2D eigenvalue weighted by Crippen LogP contribution is -2.28. The third-order valence-corrected chi connectivity index (χ3v) is 6.59. The number of halogens is 4. The number of anilines is 1. The molecule has 0 spiro atoms. The molecule has 1 N–H and O–H groups in total. The molecule has 1 aliphatic carbocycles. The van der Waals surface area contributed by atoms with Crippen molar-refractivity contribution >= 4 is 11.7 Å². The number of benzene rings is 1. The minimum absolute atomic E-state index is 0.0859. The third-order valence-electron chi connectivity index (χ3n) is 6.59. The van der Waals surface area contributed by atoms with Crippen LogP contribution in [-0.2, 0) is 29.6 Å². The van der Waals surface area contributed by atoms with Crippen LogP contribution in [0.5, 0.6) is 0 Å². The van der Waals surface area contributed by atoms with Crippen molar-refractivity contribution in [2.24, 2.45) is 0 Å². The van der Waals surface area contributed by atoms with Crippen LogP contribution in [0, 0.1) is 5.82 Å². The minimum Gasteiger partial charge on any atom is -0.358 e. The number of hydrogen-bond acceptors (Lipinski definition) is 5. The Balaban J connectivity index is 1.22. The van der Waals surface area contributed by atoms with Gasteiger partial charge in [0.05, 0.1) is 6.42 Å². The smallest absolute Gasteiger partial charge is 0.358 e. The van der Waals surface area contributed by atoms with E-state index in [1.807, 2.05) is 18.3 Å². The molecule has 3 aromatic heterocycles. The van der Waals surface area contributed by atoms with Crippen molar-refractivity contribution in [1.82, 2.24) is 19.7 Å². The summed E-state index contributed by atoms with van der Waals surface area (Å²) in [5.74, 6) is -1.07.